The first-order chi connectivity index (χ1) is 56.8. The number of hydrogen-bond acceptors (Lipinski definition) is 9. The zero-order valence-electron chi connectivity index (χ0n) is 63.3. The predicted molar refractivity (Wildman–Crippen MR) is 473 cm³/mol. The molecule has 115 heavy (non-hydrogen) atoms. The van der Waals surface area contributed by atoms with Crippen LogP contribution in [0.5, 0.6) is 0 Å². The van der Waals surface area contributed by atoms with Crippen LogP contribution in [0.25, 0.3) is 201 Å². The van der Waals surface area contributed by atoms with Crippen LogP contribution in [-0.2, 0) is 6.42 Å². The summed E-state index contributed by atoms with van der Waals surface area (Å²) >= 11 is 0. The highest BCUT2D eigenvalue weighted by Gasteiger charge is 2.20. The maximum Gasteiger partial charge on any atom is 0.164 e. The van der Waals surface area contributed by atoms with Crippen molar-refractivity contribution >= 4 is 43.6 Å². The molecule has 9 heteroatoms. The summed E-state index contributed by atoms with van der Waals surface area (Å²) in [7, 11) is 0. The Morgan fingerprint density at radius 2 is 0.470 bits per heavy atom. The van der Waals surface area contributed by atoms with E-state index in [0.717, 1.165) is 179 Å². The number of fused-ring (bicyclic) bond motifs is 6. The van der Waals surface area contributed by atoms with Crippen molar-refractivity contribution in [2.45, 2.75) is 20.3 Å². The van der Waals surface area contributed by atoms with E-state index in [1.165, 1.54) is 16.7 Å². The van der Waals surface area contributed by atoms with Crippen LogP contribution in [0.3, 0.4) is 0 Å². The van der Waals surface area contributed by atoms with Crippen LogP contribution in [0, 0.1) is 6.92 Å². The van der Waals surface area contributed by atoms with Crippen molar-refractivity contribution in [1.29, 1.82) is 0 Å². The van der Waals surface area contributed by atoms with Crippen LogP contribution < -0.4 is 0 Å². The summed E-state index contributed by atoms with van der Waals surface area (Å²) < 4.78 is 0. The summed E-state index contributed by atoms with van der Waals surface area (Å²) in [5.41, 5.74) is 30.7. The number of benzene rings is 14. The lowest BCUT2D eigenvalue weighted by Crippen LogP contribution is -2.00. The van der Waals surface area contributed by atoms with E-state index in [1.54, 1.807) is 0 Å². The second-order valence-electron chi connectivity index (χ2n) is 28.7. The van der Waals surface area contributed by atoms with Crippen molar-refractivity contribution in [2.24, 2.45) is 0 Å². The molecule has 0 aliphatic carbocycles. The summed E-state index contributed by atoms with van der Waals surface area (Å²) in [4.78, 5) is 45.9. The minimum atomic E-state index is 0.617. The van der Waals surface area contributed by atoms with Crippen LogP contribution in [0.4, 0.5) is 0 Å². The van der Waals surface area contributed by atoms with E-state index in [0.29, 0.717) is 23.3 Å². The lowest BCUT2D eigenvalue weighted by molar-refractivity contribution is 1.06. The molecule has 542 valence electrons. The zero-order valence-corrected chi connectivity index (χ0v) is 63.3. The van der Waals surface area contributed by atoms with Gasteiger partial charge in [0.05, 0.1) is 44.8 Å². The van der Waals surface area contributed by atoms with E-state index < -0.39 is 0 Å². The van der Waals surface area contributed by atoms with Gasteiger partial charge in [-0.3, -0.25) is 9.97 Å². The van der Waals surface area contributed by atoms with Gasteiger partial charge in [-0.1, -0.05) is 347 Å². The van der Waals surface area contributed by atoms with Gasteiger partial charge in [0.2, 0.25) is 0 Å². The number of aromatic nitrogens is 9. The van der Waals surface area contributed by atoms with Gasteiger partial charge in [0.1, 0.15) is 0 Å². The van der Waals surface area contributed by atoms with Gasteiger partial charge in [-0.15, -0.1) is 0 Å². The van der Waals surface area contributed by atoms with Gasteiger partial charge < -0.3 is 0 Å². The smallest absolute Gasteiger partial charge is 0.164 e. The Bertz CT molecular complexity index is 6970. The van der Waals surface area contributed by atoms with E-state index in [9.17, 15) is 0 Å². The van der Waals surface area contributed by atoms with E-state index in [-0.39, 0.29) is 0 Å². The largest absolute Gasteiger partial charge is 0.251 e. The third-order valence-corrected chi connectivity index (χ3v) is 21.2. The molecule has 14 aromatic carbocycles. The molecule has 6 aromatic heterocycles. The minimum Gasteiger partial charge on any atom is -0.251 e. The molecule has 0 aliphatic rings. The highest BCUT2D eigenvalue weighted by Crippen LogP contribution is 2.41. The van der Waals surface area contributed by atoms with Gasteiger partial charge in [-0.05, 0) is 135 Å². The maximum atomic E-state index is 5.26. The monoisotopic (exact) mass is 1470 g/mol. The minimum absolute atomic E-state index is 0.617. The Morgan fingerprint density at radius 1 is 0.183 bits per heavy atom. The first-order valence-electron chi connectivity index (χ1n) is 38.9. The second-order valence-corrected chi connectivity index (χ2v) is 28.7. The van der Waals surface area contributed by atoms with Gasteiger partial charge in [0, 0.05) is 77.4 Å². The fraction of sp³-hybridized carbons (Fsp3) is 0.0283. The van der Waals surface area contributed by atoms with Gasteiger partial charge in [0.25, 0.3) is 0 Å². The lowest BCUT2D eigenvalue weighted by Gasteiger charge is -2.14. The molecule has 0 aliphatic heterocycles. The van der Waals surface area contributed by atoms with E-state index in [4.69, 9.17) is 44.9 Å². The summed E-state index contributed by atoms with van der Waals surface area (Å²) in [5, 5.41) is 4.30. The second kappa shape index (κ2) is 31.3. The molecule has 6 heterocycles. The van der Waals surface area contributed by atoms with Gasteiger partial charge in [-0.2, -0.15) is 0 Å². The van der Waals surface area contributed by atoms with Crippen LogP contribution in [0.2, 0.25) is 0 Å². The molecular weight excluding hydrogens is 1400 g/mol. The molecule has 20 aromatic rings. The SMILES string of the molecule is CCc1ccc2ccc3c(-c4cccc(-c5cccc(-c6nc(-c7ccccc7)cc(-c7ccc(-c8ccccc8)cc7)n6)c5)c4)cc(-c4ccccc4)nc3c2n1.Cc1ccc2ccc3c(-c4cccc(-c5cccc(-c6nc(-c7ccccc7)nc(-c7ccc(-c8ccccc8)cc7)n6)c5)c4)cc(-c4ccccc4)nc3c2n1. The van der Waals surface area contributed by atoms with Crippen LogP contribution >= 0.6 is 0 Å². The summed E-state index contributed by atoms with van der Waals surface area (Å²) in [6.45, 7) is 4.17. The molecule has 9 nitrogen and oxygen atoms in total. The van der Waals surface area contributed by atoms with Crippen LogP contribution in [0.15, 0.2) is 394 Å². The zero-order chi connectivity index (χ0) is 77.0. The number of aryl methyl sites for hydroxylation is 2. The van der Waals surface area contributed by atoms with Crippen molar-refractivity contribution in [3.63, 3.8) is 0 Å². The fourth-order valence-electron chi connectivity index (χ4n) is 15.2. The molecule has 0 unspecified atom stereocenters. The molecular formula is C106H73N9. The number of pyridine rings is 4. The molecule has 0 saturated heterocycles. The highest BCUT2D eigenvalue weighted by atomic mass is 15.0. The molecule has 0 N–H and O–H groups in total. The molecule has 0 fully saturated rings. The molecule has 0 radical (unpaired) electrons. The summed E-state index contributed by atoms with van der Waals surface area (Å²) in [6, 6.07) is 137. The number of hydrogen-bond donors (Lipinski definition) is 0. The van der Waals surface area contributed by atoms with E-state index in [2.05, 4.69) is 341 Å². The standard InChI is InChI=1S/C54H38N4.C52H35N5/c1-2-46-30-28-41-29-31-47-48(34-49(38-16-8-4-9-17-38)56-53(47)52(41)55-46)44-22-12-20-42(32-44)43-21-13-23-45(33-43)54-57-50(39-18-10-5-11-19-39)35-51(58-54)40-26-24-37(25-27-40)36-14-6-3-7-15-36;1-34-23-24-38-29-30-45-46(33-47(37-15-7-3-8-16-37)54-49(45)48(38)53-34)43-21-11-19-41(31-43)42-20-12-22-44(32-42)52-56-50(39-17-9-4-10-18-39)55-51(57-52)40-27-25-36(26-28-40)35-13-5-2-6-14-35/h3-35H,2H2,1H3;2-33H,1H3. The van der Waals surface area contributed by atoms with Crippen LogP contribution in [-0.4, -0.2) is 44.9 Å². The van der Waals surface area contributed by atoms with E-state index >= 15 is 0 Å². The van der Waals surface area contributed by atoms with Crippen molar-refractivity contribution in [1.82, 2.24) is 44.9 Å². The average Bonchev–Trinajstić information content (AvgIpc) is 0.754. The Labute approximate surface area is 667 Å². The normalized spacial score (nSPS) is 11.3. The summed E-state index contributed by atoms with van der Waals surface area (Å²) in [6.07, 6.45) is 0.865. The van der Waals surface area contributed by atoms with Crippen molar-refractivity contribution in [2.75, 3.05) is 0 Å². The lowest BCUT2D eigenvalue weighted by atomic mass is 9.94. The first-order valence-corrected chi connectivity index (χ1v) is 38.9. The summed E-state index contributed by atoms with van der Waals surface area (Å²) in [5.74, 6) is 2.55. The molecule has 0 spiro atoms. The highest BCUT2D eigenvalue weighted by molar-refractivity contribution is 6.11. The molecule has 0 atom stereocenters. The van der Waals surface area contributed by atoms with Crippen molar-refractivity contribution < 1.29 is 0 Å². The van der Waals surface area contributed by atoms with Crippen molar-refractivity contribution in [3.05, 3.63) is 406 Å². The fourth-order valence-corrected chi connectivity index (χ4v) is 15.2. The predicted octanol–water partition coefficient (Wildman–Crippen LogP) is 26.7. The Kier molecular flexibility index (Phi) is 19.1. The Hall–Kier alpha value is -15.2. The number of nitrogens with zero attached hydrogens (tertiary/aromatic N) is 9. The van der Waals surface area contributed by atoms with Gasteiger partial charge in [0.15, 0.2) is 23.3 Å². The quantitative estimate of drug-likeness (QED) is 0.0925. The third-order valence-electron chi connectivity index (χ3n) is 21.2. The number of rotatable bonds is 15. The van der Waals surface area contributed by atoms with Crippen molar-refractivity contribution in [3.8, 4) is 157 Å². The van der Waals surface area contributed by atoms with Crippen LogP contribution in [0.1, 0.15) is 18.3 Å². The topological polar surface area (TPSA) is 116 Å². The molecule has 20 rings (SSSR count). The van der Waals surface area contributed by atoms with Gasteiger partial charge in [-0.25, -0.2) is 34.9 Å². The molecule has 0 amide bonds. The molecule has 0 bridgehead atoms. The third kappa shape index (κ3) is 14.7. The van der Waals surface area contributed by atoms with Gasteiger partial charge >= 0.3 is 0 Å². The van der Waals surface area contributed by atoms with E-state index in [1.807, 2.05) is 67.6 Å². The Balaban J connectivity index is 0.000000154. The maximum absolute atomic E-state index is 5.26. The average molecular weight is 1470 g/mol. The molecule has 0 saturated carbocycles. The Morgan fingerprint density at radius 3 is 0.896 bits per heavy atom. The first kappa shape index (κ1) is 70.2.